The summed E-state index contributed by atoms with van der Waals surface area (Å²) in [5.41, 5.74) is 1.49. The summed E-state index contributed by atoms with van der Waals surface area (Å²) in [6.45, 7) is 1.91. The predicted molar refractivity (Wildman–Crippen MR) is 96.3 cm³/mol. The molecule has 4 bridgehead atoms. The zero-order valence-electron chi connectivity index (χ0n) is 15.6. The molecule has 4 saturated carbocycles. The standard InChI is InChI=1S/C21H28O5/c1-13(24-2)25-12-26-19-4-3-17(20(22)23)8-18(19)21-9-14-5-15(10-21)7-16(6-14)11-21/h3-4,8,13-16H,5-7,9-12H2,1-2H3,(H,22,23). The van der Waals surface area contributed by atoms with E-state index in [0.717, 1.165) is 48.3 Å². The van der Waals surface area contributed by atoms with Gasteiger partial charge in [-0.15, -0.1) is 0 Å². The van der Waals surface area contributed by atoms with E-state index in [0.29, 0.717) is 5.56 Å². The molecule has 5 nitrogen and oxygen atoms in total. The minimum atomic E-state index is -0.883. The second-order valence-electron chi connectivity index (χ2n) is 8.45. The highest BCUT2D eigenvalue weighted by Gasteiger charge is 2.52. The molecule has 142 valence electrons. The largest absolute Gasteiger partial charge is 0.478 e. The van der Waals surface area contributed by atoms with Crippen LogP contribution in [0.4, 0.5) is 0 Å². The third-order valence-corrected chi connectivity index (χ3v) is 6.69. The molecule has 0 radical (unpaired) electrons. The Morgan fingerprint density at radius 3 is 2.35 bits per heavy atom. The first kappa shape index (κ1) is 17.8. The van der Waals surface area contributed by atoms with E-state index < -0.39 is 5.97 Å². The fraction of sp³-hybridized carbons (Fsp3) is 0.667. The van der Waals surface area contributed by atoms with Crippen LogP contribution in [0.15, 0.2) is 18.2 Å². The Kier molecular flexibility index (Phi) is 4.70. The van der Waals surface area contributed by atoms with E-state index in [-0.39, 0.29) is 18.5 Å². The van der Waals surface area contributed by atoms with Gasteiger partial charge in [0.1, 0.15) is 5.75 Å². The first-order chi connectivity index (χ1) is 12.5. The molecule has 26 heavy (non-hydrogen) atoms. The topological polar surface area (TPSA) is 65.0 Å². The fourth-order valence-corrected chi connectivity index (χ4v) is 5.91. The molecule has 5 heteroatoms. The Labute approximate surface area is 154 Å². The summed E-state index contributed by atoms with van der Waals surface area (Å²) >= 11 is 0. The van der Waals surface area contributed by atoms with Crippen molar-refractivity contribution >= 4 is 5.97 Å². The van der Waals surface area contributed by atoms with Gasteiger partial charge in [-0.25, -0.2) is 4.79 Å². The van der Waals surface area contributed by atoms with Crippen LogP contribution in [0.2, 0.25) is 0 Å². The predicted octanol–water partition coefficient (Wildman–Crippen LogP) is 4.20. The van der Waals surface area contributed by atoms with Gasteiger partial charge in [0, 0.05) is 12.7 Å². The van der Waals surface area contributed by atoms with Crippen LogP contribution in [-0.2, 0) is 14.9 Å². The number of carbonyl (C=O) groups is 1. The molecule has 1 aromatic rings. The van der Waals surface area contributed by atoms with Crippen LogP contribution in [0.5, 0.6) is 5.75 Å². The van der Waals surface area contributed by atoms with E-state index >= 15 is 0 Å². The Balaban J connectivity index is 1.64. The number of aromatic carboxylic acids is 1. The summed E-state index contributed by atoms with van der Waals surface area (Å²) in [7, 11) is 1.59. The van der Waals surface area contributed by atoms with Crippen molar-refractivity contribution in [3.63, 3.8) is 0 Å². The van der Waals surface area contributed by atoms with Crippen molar-refractivity contribution in [1.82, 2.24) is 0 Å². The first-order valence-corrected chi connectivity index (χ1v) is 9.64. The van der Waals surface area contributed by atoms with Gasteiger partial charge >= 0.3 is 5.97 Å². The zero-order chi connectivity index (χ0) is 18.3. The van der Waals surface area contributed by atoms with E-state index in [1.807, 2.05) is 13.0 Å². The molecular formula is C21H28O5. The van der Waals surface area contributed by atoms with Gasteiger partial charge in [-0.2, -0.15) is 0 Å². The van der Waals surface area contributed by atoms with Crippen molar-refractivity contribution < 1.29 is 24.1 Å². The average molecular weight is 360 g/mol. The zero-order valence-corrected chi connectivity index (χ0v) is 15.6. The average Bonchev–Trinajstić information content (AvgIpc) is 2.60. The summed E-state index contributed by atoms with van der Waals surface area (Å²) in [4.78, 5) is 11.6. The first-order valence-electron chi connectivity index (χ1n) is 9.64. The fourth-order valence-electron chi connectivity index (χ4n) is 5.91. The molecule has 5 rings (SSSR count). The molecule has 0 aliphatic heterocycles. The maximum Gasteiger partial charge on any atom is 0.335 e. The normalized spacial score (nSPS) is 33.2. The Hall–Kier alpha value is -1.59. The minimum absolute atomic E-state index is 0.0718. The van der Waals surface area contributed by atoms with Crippen molar-refractivity contribution in [2.24, 2.45) is 17.8 Å². The third-order valence-electron chi connectivity index (χ3n) is 6.69. The van der Waals surface area contributed by atoms with Crippen molar-refractivity contribution in [2.75, 3.05) is 13.9 Å². The van der Waals surface area contributed by atoms with Crippen LogP contribution in [0.25, 0.3) is 0 Å². The lowest BCUT2D eigenvalue weighted by molar-refractivity contribution is -0.150. The van der Waals surface area contributed by atoms with Gasteiger partial charge in [0.2, 0.25) is 0 Å². The number of rotatable bonds is 7. The third kappa shape index (κ3) is 3.23. The summed E-state index contributed by atoms with van der Waals surface area (Å²) in [5.74, 6) is 2.24. The van der Waals surface area contributed by atoms with E-state index in [1.165, 1.54) is 19.3 Å². The Bertz CT molecular complexity index is 648. The molecule has 4 fully saturated rings. The molecule has 4 aliphatic carbocycles. The van der Waals surface area contributed by atoms with Gasteiger partial charge in [-0.3, -0.25) is 0 Å². The van der Waals surface area contributed by atoms with Crippen molar-refractivity contribution in [3.05, 3.63) is 29.3 Å². The van der Waals surface area contributed by atoms with E-state index in [2.05, 4.69) is 0 Å². The van der Waals surface area contributed by atoms with Gasteiger partial charge in [-0.05, 0) is 86.8 Å². The highest BCUT2D eigenvalue weighted by molar-refractivity contribution is 5.88. The number of benzene rings is 1. The monoisotopic (exact) mass is 360 g/mol. The Morgan fingerprint density at radius 2 is 1.81 bits per heavy atom. The molecule has 0 amide bonds. The lowest BCUT2D eigenvalue weighted by Crippen LogP contribution is -2.48. The summed E-state index contributed by atoms with van der Waals surface area (Å²) in [6, 6.07) is 5.28. The molecule has 0 saturated heterocycles. The quantitative estimate of drug-likeness (QED) is 0.738. The van der Waals surface area contributed by atoms with Crippen LogP contribution in [0, 0.1) is 17.8 Å². The highest BCUT2D eigenvalue weighted by atomic mass is 16.7. The SMILES string of the molecule is COC(C)OCOc1ccc(C(=O)O)cc1C12CC3CC(CC(C3)C1)C2. The molecule has 1 atom stereocenters. The molecule has 0 aromatic heterocycles. The summed E-state index contributed by atoms with van der Waals surface area (Å²) in [5, 5.41) is 9.48. The van der Waals surface area contributed by atoms with E-state index in [4.69, 9.17) is 14.2 Å². The van der Waals surface area contributed by atoms with Gasteiger partial charge in [0.15, 0.2) is 13.1 Å². The molecule has 4 aliphatic rings. The molecule has 1 N–H and O–H groups in total. The van der Waals surface area contributed by atoms with Crippen molar-refractivity contribution in [1.29, 1.82) is 0 Å². The number of carboxylic acids is 1. The molecule has 1 unspecified atom stereocenters. The van der Waals surface area contributed by atoms with Gasteiger partial charge in [0.05, 0.1) is 5.56 Å². The van der Waals surface area contributed by atoms with Crippen LogP contribution in [0.1, 0.15) is 61.4 Å². The van der Waals surface area contributed by atoms with E-state index in [1.54, 1.807) is 19.2 Å². The number of hydrogen-bond donors (Lipinski definition) is 1. The van der Waals surface area contributed by atoms with Crippen LogP contribution >= 0.6 is 0 Å². The van der Waals surface area contributed by atoms with Crippen molar-refractivity contribution in [3.8, 4) is 5.75 Å². The maximum absolute atomic E-state index is 11.6. The number of carboxylic acid groups (broad SMARTS) is 1. The summed E-state index contributed by atoms with van der Waals surface area (Å²) in [6.07, 6.45) is 7.19. The second kappa shape index (κ2) is 6.86. The highest BCUT2D eigenvalue weighted by Crippen LogP contribution is 2.61. The molecule has 0 spiro atoms. The summed E-state index contributed by atoms with van der Waals surface area (Å²) < 4.78 is 16.5. The number of hydrogen-bond acceptors (Lipinski definition) is 4. The molecular weight excluding hydrogens is 332 g/mol. The van der Waals surface area contributed by atoms with Crippen LogP contribution < -0.4 is 4.74 Å². The minimum Gasteiger partial charge on any atom is -0.478 e. The lowest BCUT2D eigenvalue weighted by Gasteiger charge is -2.57. The van der Waals surface area contributed by atoms with Gasteiger partial charge in [0.25, 0.3) is 0 Å². The second-order valence-corrected chi connectivity index (χ2v) is 8.45. The van der Waals surface area contributed by atoms with Crippen LogP contribution in [0.3, 0.4) is 0 Å². The van der Waals surface area contributed by atoms with Gasteiger partial charge in [-0.1, -0.05) is 0 Å². The van der Waals surface area contributed by atoms with Crippen LogP contribution in [-0.4, -0.2) is 31.3 Å². The van der Waals surface area contributed by atoms with Crippen molar-refractivity contribution in [2.45, 2.75) is 57.2 Å². The van der Waals surface area contributed by atoms with E-state index in [9.17, 15) is 9.90 Å². The molecule has 0 heterocycles. The maximum atomic E-state index is 11.6. The number of ether oxygens (including phenoxy) is 3. The Morgan fingerprint density at radius 1 is 1.19 bits per heavy atom. The molecule has 1 aromatic carbocycles. The lowest BCUT2D eigenvalue weighted by atomic mass is 9.48. The number of methoxy groups -OCH3 is 1. The smallest absolute Gasteiger partial charge is 0.335 e. The van der Waals surface area contributed by atoms with Gasteiger partial charge < -0.3 is 19.3 Å².